The van der Waals surface area contributed by atoms with Crippen molar-refractivity contribution < 1.29 is 4.79 Å². The quantitative estimate of drug-likeness (QED) is 0.711. The molecule has 1 heterocycles. The Morgan fingerprint density at radius 1 is 1.19 bits per heavy atom. The smallest absolute Gasteiger partial charge is 0.228 e. The molecule has 1 aromatic carbocycles. The minimum absolute atomic E-state index is 0. The molecule has 6 heteroatoms. The average molecular weight is 416 g/mol. The number of amides is 1. The van der Waals surface area contributed by atoms with E-state index in [4.69, 9.17) is 0 Å². The third-order valence-corrected chi connectivity index (χ3v) is 6.34. The number of hydrogen-bond donors (Lipinski definition) is 2. The highest BCUT2D eigenvalue weighted by Crippen LogP contribution is 2.43. The van der Waals surface area contributed by atoms with Gasteiger partial charge in [-0.2, -0.15) is 0 Å². The number of halogens is 2. The van der Waals surface area contributed by atoms with Gasteiger partial charge in [0.2, 0.25) is 5.91 Å². The highest BCUT2D eigenvalue weighted by atomic mass is 35.5. The zero-order chi connectivity index (χ0) is 17.7. The number of carbonyl (C=O) groups excluding carboxylic acids is 1. The van der Waals surface area contributed by atoms with Crippen LogP contribution in [-0.2, 0) is 17.9 Å². The van der Waals surface area contributed by atoms with E-state index in [1.165, 1.54) is 30.4 Å². The number of hydrogen-bond acceptors (Lipinski definition) is 3. The molecule has 2 fully saturated rings. The summed E-state index contributed by atoms with van der Waals surface area (Å²) in [7, 11) is 0. The summed E-state index contributed by atoms with van der Waals surface area (Å²) in [5.74, 6) is 0.784. The maximum Gasteiger partial charge on any atom is 0.228 e. The first-order valence-electron chi connectivity index (χ1n) is 9.97. The molecule has 0 spiro atoms. The summed E-state index contributed by atoms with van der Waals surface area (Å²) in [6.07, 6.45) is 4.69. The summed E-state index contributed by atoms with van der Waals surface area (Å²) in [5.41, 5.74) is 2.41. The summed E-state index contributed by atoms with van der Waals surface area (Å²) in [4.78, 5) is 15.5. The standard InChI is InChI=1S/C21H33N3O.2ClH/c1-3-24(4-2)15-18-10-6-5-9-17(18)13-23-20(25)21-12-8-7-11-19(21)14-22-16-21;;/h5-6,9-10,19,22H,3-4,7-8,11-16H2,1-2H3,(H,23,25);2*1H/t19-,21+;;/m0../s1. The van der Waals surface area contributed by atoms with Gasteiger partial charge in [-0.3, -0.25) is 9.69 Å². The van der Waals surface area contributed by atoms with Crippen LogP contribution in [0.5, 0.6) is 0 Å². The number of nitrogens with one attached hydrogen (secondary N) is 2. The van der Waals surface area contributed by atoms with Crippen molar-refractivity contribution in [2.24, 2.45) is 11.3 Å². The fourth-order valence-electron chi connectivity index (χ4n) is 4.61. The molecule has 3 rings (SSSR count). The molecule has 0 radical (unpaired) electrons. The van der Waals surface area contributed by atoms with Crippen molar-refractivity contribution >= 4 is 30.7 Å². The van der Waals surface area contributed by atoms with Crippen LogP contribution >= 0.6 is 24.8 Å². The highest BCUT2D eigenvalue weighted by molar-refractivity contribution is 5.85. The van der Waals surface area contributed by atoms with E-state index >= 15 is 0 Å². The third-order valence-electron chi connectivity index (χ3n) is 6.34. The summed E-state index contributed by atoms with van der Waals surface area (Å²) < 4.78 is 0. The Bertz CT molecular complexity index is 595. The Morgan fingerprint density at radius 2 is 1.89 bits per heavy atom. The van der Waals surface area contributed by atoms with Gasteiger partial charge in [0, 0.05) is 19.6 Å². The Hall–Kier alpha value is -0.810. The first-order chi connectivity index (χ1) is 12.2. The first-order valence-corrected chi connectivity index (χ1v) is 9.97. The van der Waals surface area contributed by atoms with Crippen LogP contribution in [0.15, 0.2) is 24.3 Å². The van der Waals surface area contributed by atoms with Gasteiger partial charge < -0.3 is 10.6 Å². The predicted octanol–water partition coefficient (Wildman–Crippen LogP) is 3.77. The van der Waals surface area contributed by atoms with Gasteiger partial charge in [-0.25, -0.2) is 0 Å². The lowest BCUT2D eigenvalue weighted by Crippen LogP contribution is -2.47. The van der Waals surface area contributed by atoms with Crippen LogP contribution in [-0.4, -0.2) is 37.0 Å². The van der Waals surface area contributed by atoms with E-state index in [0.29, 0.717) is 12.5 Å². The van der Waals surface area contributed by atoms with Crippen molar-refractivity contribution in [1.29, 1.82) is 0 Å². The molecular weight excluding hydrogens is 381 g/mol. The molecule has 2 atom stereocenters. The van der Waals surface area contributed by atoms with Gasteiger partial charge in [-0.05, 0) is 49.5 Å². The van der Waals surface area contributed by atoms with Gasteiger partial charge in [0.15, 0.2) is 0 Å². The topological polar surface area (TPSA) is 44.4 Å². The van der Waals surface area contributed by atoms with Crippen LogP contribution in [0, 0.1) is 11.3 Å². The van der Waals surface area contributed by atoms with Crippen molar-refractivity contribution in [3.8, 4) is 0 Å². The SMILES string of the molecule is CCN(CC)Cc1ccccc1CNC(=O)[C@@]12CCCC[C@H]1CNC2.Cl.Cl. The summed E-state index contributed by atoms with van der Waals surface area (Å²) in [5, 5.41) is 6.75. The van der Waals surface area contributed by atoms with Gasteiger partial charge in [0.25, 0.3) is 0 Å². The van der Waals surface area contributed by atoms with Gasteiger partial charge >= 0.3 is 0 Å². The predicted molar refractivity (Wildman–Crippen MR) is 117 cm³/mol. The molecule has 154 valence electrons. The van der Waals surface area contributed by atoms with Crippen LogP contribution in [0.4, 0.5) is 0 Å². The lowest BCUT2D eigenvalue weighted by Gasteiger charge is -2.37. The zero-order valence-electron chi connectivity index (χ0n) is 16.6. The average Bonchev–Trinajstić information content (AvgIpc) is 3.10. The zero-order valence-corrected chi connectivity index (χ0v) is 18.3. The second-order valence-corrected chi connectivity index (χ2v) is 7.64. The van der Waals surface area contributed by atoms with E-state index < -0.39 is 0 Å². The van der Waals surface area contributed by atoms with Crippen LogP contribution in [0.25, 0.3) is 0 Å². The molecule has 1 aromatic rings. The first kappa shape index (κ1) is 24.2. The molecular formula is C21H35Cl2N3O. The van der Waals surface area contributed by atoms with Crippen LogP contribution in [0.3, 0.4) is 0 Å². The Labute approximate surface area is 176 Å². The molecule has 27 heavy (non-hydrogen) atoms. The van der Waals surface area contributed by atoms with Crippen molar-refractivity contribution in [3.63, 3.8) is 0 Å². The summed E-state index contributed by atoms with van der Waals surface area (Å²) in [6.45, 7) is 9.95. The minimum Gasteiger partial charge on any atom is -0.351 e. The van der Waals surface area contributed by atoms with Gasteiger partial charge in [0.1, 0.15) is 0 Å². The highest BCUT2D eigenvalue weighted by Gasteiger charge is 2.49. The molecule has 2 aliphatic rings. The normalized spacial score (nSPS) is 23.9. The molecule has 1 aliphatic carbocycles. The minimum atomic E-state index is -0.161. The van der Waals surface area contributed by atoms with Crippen LogP contribution in [0.2, 0.25) is 0 Å². The van der Waals surface area contributed by atoms with E-state index in [-0.39, 0.29) is 36.1 Å². The van der Waals surface area contributed by atoms with E-state index in [0.717, 1.165) is 39.1 Å². The van der Waals surface area contributed by atoms with E-state index in [1.807, 2.05) is 0 Å². The van der Waals surface area contributed by atoms with Gasteiger partial charge in [0.05, 0.1) is 5.41 Å². The number of fused-ring (bicyclic) bond motifs is 1. The van der Waals surface area contributed by atoms with Crippen LogP contribution < -0.4 is 10.6 Å². The Kier molecular flexibility index (Phi) is 10.1. The summed E-state index contributed by atoms with van der Waals surface area (Å²) >= 11 is 0. The molecule has 0 aromatic heterocycles. The monoisotopic (exact) mass is 415 g/mol. The maximum atomic E-state index is 13.1. The maximum absolute atomic E-state index is 13.1. The second kappa shape index (κ2) is 11.3. The van der Waals surface area contributed by atoms with Crippen LogP contribution in [0.1, 0.15) is 50.7 Å². The van der Waals surface area contributed by atoms with Gasteiger partial charge in [-0.1, -0.05) is 51.0 Å². The number of rotatable bonds is 7. The molecule has 1 amide bonds. The molecule has 0 unspecified atom stereocenters. The van der Waals surface area contributed by atoms with Gasteiger partial charge in [-0.15, -0.1) is 24.8 Å². The molecule has 0 bridgehead atoms. The van der Waals surface area contributed by atoms with Crippen molar-refractivity contribution in [2.75, 3.05) is 26.2 Å². The largest absolute Gasteiger partial charge is 0.351 e. The fraction of sp³-hybridized carbons (Fsp3) is 0.667. The van der Waals surface area contributed by atoms with Crippen molar-refractivity contribution in [2.45, 2.75) is 52.6 Å². The second-order valence-electron chi connectivity index (χ2n) is 7.64. The Morgan fingerprint density at radius 3 is 2.59 bits per heavy atom. The molecule has 2 N–H and O–H groups in total. The van der Waals surface area contributed by atoms with Crippen molar-refractivity contribution in [1.82, 2.24) is 15.5 Å². The summed E-state index contributed by atoms with van der Waals surface area (Å²) in [6, 6.07) is 8.52. The molecule has 1 saturated heterocycles. The lowest BCUT2D eigenvalue weighted by molar-refractivity contribution is -0.134. The number of nitrogens with zero attached hydrogens (tertiary/aromatic N) is 1. The lowest BCUT2D eigenvalue weighted by atomic mass is 9.67. The van der Waals surface area contributed by atoms with E-state index in [9.17, 15) is 4.79 Å². The van der Waals surface area contributed by atoms with E-state index in [1.54, 1.807) is 0 Å². The van der Waals surface area contributed by atoms with E-state index in [2.05, 4.69) is 53.6 Å². The number of carbonyl (C=O) groups is 1. The van der Waals surface area contributed by atoms with Crippen molar-refractivity contribution in [3.05, 3.63) is 35.4 Å². The molecule has 1 saturated carbocycles. The molecule has 1 aliphatic heterocycles. The third kappa shape index (κ3) is 5.38. The fourth-order valence-corrected chi connectivity index (χ4v) is 4.61. The molecule has 4 nitrogen and oxygen atoms in total. The number of benzene rings is 1. The Balaban J connectivity index is 0.00000182.